The molecule has 0 saturated heterocycles. The first-order valence-electron chi connectivity index (χ1n) is 8.31. The van der Waals surface area contributed by atoms with Crippen LogP contribution in [0.5, 0.6) is 0 Å². The number of nitriles is 1. The molecule has 0 spiro atoms. The minimum Gasteiger partial charge on any atom is -0.265 e. The summed E-state index contributed by atoms with van der Waals surface area (Å²) in [5.41, 5.74) is 2.28. The standard InChI is InChI=1S/C19H21ClN2S/c20-17-8-4-2-1-3-6-14(17)12-16-10-11-19(23-16)18-9-5-7-15(13-21)22-18/h3,5-6,9,11,15-16H,1-2,4,7-8,10,12H2/b6-3+,17-14-. The Morgan fingerprint density at radius 1 is 1.26 bits per heavy atom. The van der Waals surface area contributed by atoms with Crippen LogP contribution in [0, 0.1) is 11.3 Å². The van der Waals surface area contributed by atoms with E-state index in [0.29, 0.717) is 5.25 Å². The first-order valence-corrected chi connectivity index (χ1v) is 9.57. The SMILES string of the molecule is N#CC1CC=CC(C2=CCC(CC3=C(\Cl)CCCC\C=C\3)S2)=N1. The van der Waals surface area contributed by atoms with Crippen molar-refractivity contribution >= 4 is 29.1 Å². The van der Waals surface area contributed by atoms with Crippen LogP contribution < -0.4 is 0 Å². The normalized spacial score (nSPS) is 32.5. The van der Waals surface area contributed by atoms with E-state index >= 15 is 0 Å². The number of nitrogens with zero attached hydrogens (tertiary/aromatic N) is 2. The van der Waals surface area contributed by atoms with Gasteiger partial charge >= 0.3 is 0 Å². The lowest BCUT2D eigenvalue weighted by molar-refractivity contribution is 0.740. The predicted molar refractivity (Wildman–Crippen MR) is 99.8 cm³/mol. The third-order valence-corrected chi connectivity index (χ3v) is 6.08. The molecule has 2 nitrogen and oxygen atoms in total. The Labute approximate surface area is 147 Å². The summed E-state index contributed by atoms with van der Waals surface area (Å²) < 4.78 is 0. The van der Waals surface area contributed by atoms with E-state index < -0.39 is 0 Å². The molecule has 2 heterocycles. The lowest BCUT2D eigenvalue weighted by atomic mass is 10.0. The summed E-state index contributed by atoms with van der Waals surface area (Å²) in [5.74, 6) is 0. The number of hydrogen-bond acceptors (Lipinski definition) is 3. The highest BCUT2D eigenvalue weighted by molar-refractivity contribution is 8.04. The molecule has 4 heteroatoms. The number of allylic oxidation sites excluding steroid dienone is 7. The Morgan fingerprint density at radius 2 is 2.17 bits per heavy atom. The van der Waals surface area contributed by atoms with Gasteiger partial charge in [-0.05, 0) is 50.2 Å². The van der Waals surface area contributed by atoms with Gasteiger partial charge in [0.1, 0.15) is 6.04 Å². The Balaban J connectivity index is 1.63. The van der Waals surface area contributed by atoms with Crippen molar-refractivity contribution in [2.75, 3.05) is 0 Å². The van der Waals surface area contributed by atoms with Crippen molar-refractivity contribution in [1.29, 1.82) is 5.26 Å². The molecule has 2 unspecified atom stereocenters. The maximum absolute atomic E-state index is 9.05. The second-order valence-corrected chi connectivity index (χ2v) is 7.92. The van der Waals surface area contributed by atoms with E-state index in [0.717, 1.165) is 42.8 Å². The summed E-state index contributed by atoms with van der Waals surface area (Å²) in [6, 6.07) is 2.02. The second-order valence-electron chi connectivity index (χ2n) is 6.12. The van der Waals surface area contributed by atoms with Crippen molar-refractivity contribution in [2.24, 2.45) is 4.99 Å². The van der Waals surface area contributed by atoms with Gasteiger partial charge in [-0.15, -0.1) is 11.8 Å². The van der Waals surface area contributed by atoms with Crippen molar-refractivity contribution in [3.8, 4) is 6.07 Å². The Bertz CT molecular complexity index is 649. The summed E-state index contributed by atoms with van der Waals surface area (Å²) in [4.78, 5) is 5.75. The monoisotopic (exact) mass is 344 g/mol. The zero-order chi connectivity index (χ0) is 16.1. The van der Waals surface area contributed by atoms with Crippen molar-refractivity contribution in [2.45, 2.75) is 56.2 Å². The lowest BCUT2D eigenvalue weighted by Crippen LogP contribution is -2.10. The Hall–Kier alpha value is -1.24. The van der Waals surface area contributed by atoms with Crippen LogP contribution in [0.15, 0.2) is 50.9 Å². The summed E-state index contributed by atoms with van der Waals surface area (Å²) in [6.45, 7) is 0. The lowest BCUT2D eigenvalue weighted by Gasteiger charge is -2.15. The van der Waals surface area contributed by atoms with E-state index in [1.807, 2.05) is 11.8 Å². The van der Waals surface area contributed by atoms with Crippen LogP contribution >= 0.6 is 23.4 Å². The topological polar surface area (TPSA) is 36.1 Å². The van der Waals surface area contributed by atoms with Crippen LogP contribution in [-0.2, 0) is 0 Å². The third kappa shape index (κ3) is 4.40. The van der Waals surface area contributed by atoms with Gasteiger partial charge in [-0.1, -0.05) is 35.9 Å². The summed E-state index contributed by atoms with van der Waals surface area (Å²) in [5, 5.41) is 10.6. The summed E-state index contributed by atoms with van der Waals surface area (Å²) in [6.07, 6.45) is 18.2. The number of aliphatic imine (C=N–C) groups is 1. The van der Waals surface area contributed by atoms with Gasteiger partial charge in [0.15, 0.2) is 0 Å². The number of rotatable bonds is 3. The predicted octanol–water partition coefficient (Wildman–Crippen LogP) is 5.68. The highest BCUT2D eigenvalue weighted by Gasteiger charge is 2.23. The molecule has 0 aromatic heterocycles. The van der Waals surface area contributed by atoms with Gasteiger partial charge in [0.2, 0.25) is 0 Å². The van der Waals surface area contributed by atoms with Gasteiger partial charge in [0.05, 0.1) is 11.8 Å². The molecular formula is C19H21ClN2S. The zero-order valence-electron chi connectivity index (χ0n) is 13.2. The van der Waals surface area contributed by atoms with E-state index in [-0.39, 0.29) is 6.04 Å². The molecular weight excluding hydrogens is 324 g/mol. The summed E-state index contributed by atoms with van der Waals surface area (Å²) in [7, 11) is 0. The van der Waals surface area contributed by atoms with Crippen molar-refractivity contribution < 1.29 is 0 Å². The van der Waals surface area contributed by atoms with Gasteiger partial charge in [0.25, 0.3) is 0 Å². The van der Waals surface area contributed by atoms with Gasteiger partial charge in [-0.25, -0.2) is 0 Å². The molecule has 2 aliphatic heterocycles. The van der Waals surface area contributed by atoms with Crippen LogP contribution in [0.4, 0.5) is 0 Å². The summed E-state index contributed by atoms with van der Waals surface area (Å²) >= 11 is 8.37. The molecule has 0 fully saturated rings. The fraction of sp³-hybridized carbons (Fsp3) is 0.474. The van der Waals surface area contributed by atoms with E-state index in [9.17, 15) is 0 Å². The molecule has 3 rings (SSSR count). The van der Waals surface area contributed by atoms with Crippen molar-refractivity contribution in [3.05, 3.63) is 45.9 Å². The molecule has 1 aliphatic carbocycles. The van der Waals surface area contributed by atoms with Gasteiger partial charge < -0.3 is 0 Å². The van der Waals surface area contributed by atoms with E-state index in [1.54, 1.807) is 0 Å². The maximum Gasteiger partial charge on any atom is 0.140 e. The van der Waals surface area contributed by atoms with Gasteiger partial charge in [-0.3, -0.25) is 4.99 Å². The molecule has 0 saturated carbocycles. The minimum atomic E-state index is -0.221. The van der Waals surface area contributed by atoms with E-state index in [4.69, 9.17) is 16.9 Å². The van der Waals surface area contributed by atoms with Gasteiger partial charge in [0, 0.05) is 21.6 Å². The average Bonchev–Trinajstić information content (AvgIpc) is 3.03. The van der Waals surface area contributed by atoms with E-state index in [2.05, 4.69) is 41.4 Å². The van der Waals surface area contributed by atoms with Crippen LogP contribution in [0.25, 0.3) is 0 Å². The number of dihydropyridines is 1. The molecule has 0 aromatic rings. The molecule has 2 atom stereocenters. The second kappa shape index (κ2) is 8.04. The number of hydrogen-bond donors (Lipinski definition) is 0. The molecule has 0 amide bonds. The Morgan fingerprint density at radius 3 is 3.04 bits per heavy atom. The average molecular weight is 345 g/mol. The maximum atomic E-state index is 9.05. The minimum absolute atomic E-state index is 0.221. The smallest absolute Gasteiger partial charge is 0.140 e. The van der Waals surface area contributed by atoms with Crippen molar-refractivity contribution in [3.63, 3.8) is 0 Å². The number of thioether (sulfide) groups is 1. The fourth-order valence-electron chi connectivity index (χ4n) is 3.05. The zero-order valence-corrected chi connectivity index (χ0v) is 14.7. The molecule has 3 aliphatic rings. The quantitative estimate of drug-likeness (QED) is 0.660. The highest BCUT2D eigenvalue weighted by Crippen LogP contribution is 2.39. The molecule has 120 valence electrons. The largest absolute Gasteiger partial charge is 0.265 e. The number of halogens is 1. The molecule has 23 heavy (non-hydrogen) atoms. The third-order valence-electron chi connectivity index (χ3n) is 4.32. The van der Waals surface area contributed by atoms with Crippen LogP contribution in [0.1, 0.15) is 44.9 Å². The van der Waals surface area contributed by atoms with Crippen LogP contribution in [-0.4, -0.2) is 17.0 Å². The highest BCUT2D eigenvalue weighted by atomic mass is 35.5. The Kier molecular flexibility index (Phi) is 5.80. The van der Waals surface area contributed by atoms with E-state index in [1.165, 1.54) is 23.3 Å². The molecule has 0 N–H and O–H groups in total. The van der Waals surface area contributed by atoms with Crippen LogP contribution in [0.2, 0.25) is 0 Å². The first-order chi connectivity index (χ1) is 11.3. The molecule has 0 aromatic carbocycles. The molecule has 0 bridgehead atoms. The van der Waals surface area contributed by atoms with Gasteiger partial charge in [-0.2, -0.15) is 5.26 Å². The first kappa shape index (κ1) is 16.6. The fourth-order valence-corrected chi connectivity index (χ4v) is 4.57. The van der Waals surface area contributed by atoms with Crippen molar-refractivity contribution in [1.82, 2.24) is 0 Å². The molecule has 0 radical (unpaired) electrons. The van der Waals surface area contributed by atoms with Crippen LogP contribution in [0.3, 0.4) is 0 Å².